The molecule has 1 unspecified atom stereocenters. The molecular weight excluding hydrogens is 224 g/mol. The largest absolute Gasteiger partial charge is 0.462 e. The number of esters is 1. The highest BCUT2D eigenvalue weighted by molar-refractivity contribution is 7.13. The standard InChI is InChI=1S/C11H16N2O2S/c1-3-15-11(14)9-6(2)13-10(16-9)8(12)7-4-5-7/h7-8H,3-5,12H2,1-2H3. The molecule has 1 saturated carbocycles. The number of rotatable bonds is 4. The maximum atomic E-state index is 11.6. The number of aromatic nitrogens is 1. The van der Waals surface area contributed by atoms with Crippen molar-refractivity contribution in [1.29, 1.82) is 0 Å². The first-order valence-electron chi connectivity index (χ1n) is 5.53. The summed E-state index contributed by atoms with van der Waals surface area (Å²) in [6.45, 7) is 4.01. The van der Waals surface area contributed by atoms with Crippen molar-refractivity contribution in [2.45, 2.75) is 32.7 Å². The van der Waals surface area contributed by atoms with Crippen LogP contribution in [-0.2, 0) is 4.74 Å². The fraction of sp³-hybridized carbons (Fsp3) is 0.636. The van der Waals surface area contributed by atoms with Crippen LogP contribution in [0.1, 0.15) is 46.2 Å². The lowest BCUT2D eigenvalue weighted by atomic mass is 10.2. The Morgan fingerprint density at radius 2 is 2.38 bits per heavy atom. The second kappa shape index (κ2) is 4.51. The molecule has 1 aromatic heterocycles. The van der Waals surface area contributed by atoms with E-state index in [1.807, 2.05) is 6.92 Å². The minimum atomic E-state index is -0.285. The first kappa shape index (κ1) is 11.5. The molecule has 4 nitrogen and oxygen atoms in total. The molecular formula is C11H16N2O2S. The van der Waals surface area contributed by atoms with Crippen LogP contribution in [0.15, 0.2) is 0 Å². The van der Waals surface area contributed by atoms with Gasteiger partial charge in [-0.2, -0.15) is 0 Å². The predicted molar refractivity (Wildman–Crippen MR) is 62.5 cm³/mol. The second-order valence-corrected chi connectivity index (χ2v) is 5.08. The van der Waals surface area contributed by atoms with Crippen molar-refractivity contribution in [2.24, 2.45) is 11.7 Å². The molecule has 0 saturated heterocycles. The lowest BCUT2D eigenvalue weighted by molar-refractivity contribution is 0.0531. The lowest BCUT2D eigenvalue weighted by Crippen LogP contribution is -2.11. The number of ether oxygens (including phenoxy) is 1. The molecule has 1 fully saturated rings. The molecule has 0 spiro atoms. The fourth-order valence-electron chi connectivity index (χ4n) is 1.60. The number of aryl methyl sites for hydroxylation is 1. The first-order valence-corrected chi connectivity index (χ1v) is 6.35. The van der Waals surface area contributed by atoms with Gasteiger partial charge in [0.25, 0.3) is 0 Å². The van der Waals surface area contributed by atoms with Crippen molar-refractivity contribution in [3.63, 3.8) is 0 Å². The molecule has 1 heterocycles. The summed E-state index contributed by atoms with van der Waals surface area (Å²) in [5.74, 6) is 0.271. The number of carbonyl (C=O) groups excluding carboxylic acids is 1. The average Bonchev–Trinajstić information content (AvgIpc) is 3.01. The minimum Gasteiger partial charge on any atom is -0.462 e. The molecule has 0 bridgehead atoms. The van der Waals surface area contributed by atoms with Gasteiger partial charge in [0, 0.05) is 0 Å². The summed E-state index contributed by atoms with van der Waals surface area (Å²) in [6, 6.07) is -0.00752. The molecule has 0 radical (unpaired) electrons. The molecule has 0 aliphatic heterocycles. The van der Waals surface area contributed by atoms with Gasteiger partial charge in [-0.1, -0.05) is 0 Å². The zero-order valence-electron chi connectivity index (χ0n) is 9.53. The smallest absolute Gasteiger partial charge is 0.350 e. The number of hydrogen-bond donors (Lipinski definition) is 1. The van der Waals surface area contributed by atoms with Crippen molar-refractivity contribution in [1.82, 2.24) is 4.98 Å². The minimum absolute atomic E-state index is 0.00752. The number of carbonyl (C=O) groups is 1. The van der Waals surface area contributed by atoms with E-state index in [9.17, 15) is 4.79 Å². The summed E-state index contributed by atoms with van der Waals surface area (Å²) in [6.07, 6.45) is 2.35. The third-order valence-corrected chi connectivity index (χ3v) is 3.93. The summed E-state index contributed by atoms with van der Waals surface area (Å²) < 4.78 is 4.97. The molecule has 88 valence electrons. The molecule has 5 heteroatoms. The summed E-state index contributed by atoms with van der Waals surface area (Å²) in [7, 11) is 0. The van der Waals surface area contributed by atoms with Crippen LogP contribution in [0.25, 0.3) is 0 Å². The normalized spacial score (nSPS) is 17.2. The van der Waals surface area contributed by atoms with Crippen LogP contribution in [-0.4, -0.2) is 17.6 Å². The van der Waals surface area contributed by atoms with Crippen molar-refractivity contribution in [2.75, 3.05) is 6.61 Å². The number of thiazole rings is 1. The quantitative estimate of drug-likeness (QED) is 0.818. The van der Waals surface area contributed by atoms with Crippen LogP contribution in [0.4, 0.5) is 0 Å². The van der Waals surface area contributed by atoms with E-state index < -0.39 is 0 Å². The van der Waals surface area contributed by atoms with Gasteiger partial charge in [0.2, 0.25) is 0 Å². The third kappa shape index (κ3) is 2.25. The van der Waals surface area contributed by atoms with Gasteiger partial charge in [-0.3, -0.25) is 0 Å². The predicted octanol–water partition coefficient (Wildman–Crippen LogP) is 2.04. The number of hydrogen-bond acceptors (Lipinski definition) is 5. The maximum Gasteiger partial charge on any atom is 0.350 e. The van der Waals surface area contributed by atoms with Gasteiger partial charge in [0.1, 0.15) is 9.88 Å². The molecule has 1 aliphatic rings. The van der Waals surface area contributed by atoms with Gasteiger partial charge < -0.3 is 10.5 Å². The number of nitrogens with zero attached hydrogens (tertiary/aromatic N) is 1. The Bertz CT molecular complexity index is 399. The fourth-order valence-corrected chi connectivity index (χ4v) is 2.66. The molecule has 1 aromatic rings. The Balaban J connectivity index is 2.17. The zero-order valence-corrected chi connectivity index (χ0v) is 10.3. The van der Waals surface area contributed by atoms with Crippen molar-refractivity contribution in [3.05, 3.63) is 15.6 Å². The Morgan fingerprint density at radius 3 is 2.94 bits per heavy atom. The van der Waals surface area contributed by atoms with Crippen molar-refractivity contribution in [3.8, 4) is 0 Å². The van der Waals surface area contributed by atoms with Crippen LogP contribution in [0.5, 0.6) is 0 Å². The Morgan fingerprint density at radius 1 is 1.69 bits per heavy atom. The molecule has 0 amide bonds. The monoisotopic (exact) mass is 240 g/mol. The highest BCUT2D eigenvalue weighted by atomic mass is 32.1. The summed E-state index contributed by atoms with van der Waals surface area (Å²) in [4.78, 5) is 16.6. The lowest BCUT2D eigenvalue weighted by Gasteiger charge is -2.04. The SMILES string of the molecule is CCOC(=O)c1sc(C(N)C2CC2)nc1C. The van der Waals surface area contributed by atoms with E-state index in [1.54, 1.807) is 6.92 Å². The molecule has 2 rings (SSSR count). The van der Waals surface area contributed by atoms with E-state index >= 15 is 0 Å². The van der Waals surface area contributed by atoms with Crippen LogP contribution >= 0.6 is 11.3 Å². The van der Waals surface area contributed by atoms with Gasteiger partial charge in [-0.15, -0.1) is 11.3 Å². The summed E-state index contributed by atoms with van der Waals surface area (Å²) in [5, 5.41) is 0.864. The summed E-state index contributed by atoms with van der Waals surface area (Å²) >= 11 is 1.37. The van der Waals surface area contributed by atoms with E-state index in [0.717, 1.165) is 10.7 Å². The van der Waals surface area contributed by atoms with Crippen LogP contribution in [0.2, 0.25) is 0 Å². The van der Waals surface area contributed by atoms with Gasteiger partial charge >= 0.3 is 5.97 Å². The number of nitrogens with two attached hydrogens (primary N) is 1. The zero-order chi connectivity index (χ0) is 11.7. The van der Waals surface area contributed by atoms with E-state index in [4.69, 9.17) is 10.5 Å². The van der Waals surface area contributed by atoms with Crippen LogP contribution in [0, 0.1) is 12.8 Å². The van der Waals surface area contributed by atoms with Gasteiger partial charge in [0.15, 0.2) is 0 Å². The molecule has 1 aliphatic carbocycles. The highest BCUT2D eigenvalue weighted by Crippen LogP contribution is 2.41. The summed E-state index contributed by atoms with van der Waals surface area (Å²) in [5.41, 5.74) is 6.78. The van der Waals surface area contributed by atoms with Gasteiger partial charge in [-0.25, -0.2) is 9.78 Å². The second-order valence-electron chi connectivity index (χ2n) is 4.05. The van der Waals surface area contributed by atoms with Gasteiger partial charge in [-0.05, 0) is 32.6 Å². The maximum absolute atomic E-state index is 11.6. The highest BCUT2D eigenvalue weighted by Gasteiger charge is 2.32. The van der Waals surface area contributed by atoms with Crippen molar-refractivity contribution >= 4 is 17.3 Å². The van der Waals surface area contributed by atoms with Crippen LogP contribution < -0.4 is 5.73 Å². The average molecular weight is 240 g/mol. The van der Waals surface area contributed by atoms with E-state index in [1.165, 1.54) is 24.2 Å². The van der Waals surface area contributed by atoms with E-state index in [2.05, 4.69) is 4.98 Å². The Hall–Kier alpha value is -0.940. The van der Waals surface area contributed by atoms with Crippen LogP contribution in [0.3, 0.4) is 0 Å². The molecule has 0 aromatic carbocycles. The third-order valence-electron chi connectivity index (χ3n) is 2.69. The topological polar surface area (TPSA) is 65.2 Å². The van der Waals surface area contributed by atoms with E-state index in [-0.39, 0.29) is 12.0 Å². The van der Waals surface area contributed by atoms with E-state index in [0.29, 0.717) is 17.4 Å². The first-order chi connectivity index (χ1) is 7.63. The molecule has 2 N–H and O–H groups in total. The van der Waals surface area contributed by atoms with Gasteiger partial charge in [0.05, 0.1) is 18.3 Å². The molecule has 1 atom stereocenters. The van der Waals surface area contributed by atoms with Crippen molar-refractivity contribution < 1.29 is 9.53 Å². The Kier molecular flexibility index (Phi) is 3.25. The Labute approximate surface area is 98.8 Å². The molecule has 16 heavy (non-hydrogen) atoms.